The Hall–Kier alpha value is -1.42. The van der Waals surface area contributed by atoms with Gasteiger partial charge in [-0.25, -0.2) is 0 Å². The van der Waals surface area contributed by atoms with Crippen molar-refractivity contribution in [3.63, 3.8) is 0 Å². The predicted octanol–water partition coefficient (Wildman–Crippen LogP) is 0.702. The second-order valence-electron chi connectivity index (χ2n) is 3.94. The Balaban J connectivity index is 2.43. The van der Waals surface area contributed by atoms with E-state index in [1.54, 1.807) is 0 Å². The quantitative estimate of drug-likeness (QED) is 0.433. The van der Waals surface area contributed by atoms with Crippen LogP contribution in [0.3, 0.4) is 0 Å². The van der Waals surface area contributed by atoms with Crippen molar-refractivity contribution < 1.29 is 14.5 Å². The number of carboxylic acid groups (broad SMARTS) is 1. The van der Waals surface area contributed by atoms with Crippen molar-refractivity contribution in [2.24, 2.45) is 5.73 Å². The molecule has 0 aromatic heterocycles. The van der Waals surface area contributed by atoms with Crippen molar-refractivity contribution in [2.75, 3.05) is 0 Å². The molecular formula is C12H16N3O3P. The van der Waals surface area contributed by atoms with Gasteiger partial charge in [0.05, 0.1) is 0 Å². The molecule has 19 heavy (non-hydrogen) atoms. The first-order valence-electron chi connectivity index (χ1n) is 5.72. The third-order valence-electron chi connectivity index (χ3n) is 2.43. The zero-order valence-corrected chi connectivity index (χ0v) is 11.1. The summed E-state index contributed by atoms with van der Waals surface area (Å²) in [5.41, 5.74) is 14.8. The maximum atomic E-state index is 10.7. The third-order valence-corrected chi connectivity index (χ3v) is 2.84. The summed E-state index contributed by atoms with van der Waals surface area (Å²) in [7, 11) is -0.292. The Kier molecular flexibility index (Phi) is 7.11. The van der Waals surface area contributed by atoms with Crippen molar-refractivity contribution in [3.05, 3.63) is 35.9 Å². The van der Waals surface area contributed by atoms with Gasteiger partial charge in [0.2, 0.25) is 0 Å². The Labute approximate surface area is 112 Å². The molecule has 0 saturated heterocycles. The summed E-state index contributed by atoms with van der Waals surface area (Å²) >= 11 is 0. The van der Waals surface area contributed by atoms with Gasteiger partial charge in [-0.05, 0) is 0 Å². The Morgan fingerprint density at radius 2 is 2.11 bits per heavy atom. The van der Waals surface area contributed by atoms with E-state index in [1.165, 1.54) is 0 Å². The molecule has 0 aliphatic heterocycles. The zero-order valence-electron chi connectivity index (χ0n) is 10.2. The van der Waals surface area contributed by atoms with Crippen molar-refractivity contribution in [1.29, 1.82) is 0 Å². The number of hydrogen-bond donors (Lipinski definition) is 4. The molecule has 102 valence electrons. The van der Waals surface area contributed by atoms with Crippen LogP contribution in [0.4, 0.5) is 0 Å². The predicted molar refractivity (Wildman–Crippen MR) is 71.9 cm³/mol. The first-order chi connectivity index (χ1) is 9.13. The van der Waals surface area contributed by atoms with Gasteiger partial charge in [0.25, 0.3) is 0 Å². The van der Waals surface area contributed by atoms with Gasteiger partial charge in [-0.1, -0.05) is 0 Å². The number of hydrogen-bond acceptors (Lipinski definition) is 5. The molecule has 0 amide bonds. The number of carbonyl (C=O) groups is 1. The van der Waals surface area contributed by atoms with Crippen molar-refractivity contribution in [2.45, 2.75) is 25.0 Å². The summed E-state index contributed by atoms with van der Waals surface area (Å²) in [4.78, 5) is 10.7. The van der Waals surface area contributed by atoms with Crippen molar-refractivity contribution in [3.8, 4) is 5.63 Å². The van der Waals surface area contributed by atoms with Crippen LogP contribution in [0.5, 0.6) is 0 Å². The van der Waals surface area contributed by atoms with E-state index in [0.717, 1.165) is 5.56 Å². The molecule has 0 heterocycles. The maximum absolute atomic E-state index is 10.7. The first-order valence-corrected chi connectivity index (χ1v) is 6.53. The van der Waals surface area contributed by atoms with Crippen LogP contribution in [-0.2, 0) is 15.9 Å². The molecule has 0 radical (unpaired) electrons. The number of aliphatic carboxylic acids is 1. The Morgan fingerprint density at radius 1 is 1.42 bits per heavy atom. The van der Waals surface area contributed by atoms with E-state index >= 15 is 0 Å². The van der Waals surface area contributed by atoms with Crippen LogP contribution >= 0.6 is 7.92 Å². The molecule has 7 heteroatoms. The monoisotopic (exact) mass is 281 g/mol. The van der Waals surface area contributed by atoms with Crippen LogP contribution < -0.4 is 16.6 Å². The van der Waals surface area contributed by atoms with Crippen LogP contribution in [-0.4, -0.2) is 23.2 Å². The number of carboxylic acids is 1. The molecule has 0 bridgehead atoms. The van der Waals surface area contributed by atoms with Gasteiger partial charge in [0.15, 0.2) is 0 Å². The molecule has 6 nitrogen and oxygen atoms in total. The number of hydrazine groups is 1. The number of benzene rings is 1. The third kappa shape index (κ3) is 6.34. The van der Waals surface area contributed by atoms with E-state index in [4.69, 9.17) is 10.8 Å². The zero-order chi connectivity index (χ0) is 14.1. The van der Waals surface area contributed by atoms with Crippen LogP contribution in [0.1, 0.15) is 12.0 Å². The van der Waals surface area contributed by atoms with Gasteiger partial charge in [-0.2, -0.15) is 0 Å². The van der Waals surface area contributed by atoms with Crippen LogP contribution in [0.15, 0.2) is 30.3 Å². The molecule has 1 aromatic carbocycles. The van der Waals surface area contributed by atoms with E-state index in [1.807, 2.05) is 30.3 Å². The van der Waals surface area contributed by atoms with E-state index in [2.05, 4.69) is 16.5 Å². The summed E-state index contributed by atoms with van der Waals surface area (Å²) in [5.74, 6) is -1.10. The van der Waals surface area contributed by atoms with E-state index in [0.29, 0.717) is 6.54 Å². The van der Waals surface area contributed by atoms with Crippen molar-refractivity contribution >= 4 is 13.9 Å². The minimum atomic E-state index is -1.10. The van der Waals surface area contributed by atoms with Gasteiger partial charge >= 0.3 is 112 Å². The molecule has 0 fully saturated rings. The van der Waals surface area contributed by atoms with Gasteiger partial charge in [0.1, 0.15) is 0 Å². The van der Waals surface area contributed by atoms with E-state index in [9.17, 15) is 9.36 Å². The average Bonchev–Trinajstić information content (AvgIpc) is 2.40. The van der Waals surface area contributed by atoms with Crippen LogP contribution in [0.25, 0.3) is 0 Å². The SMILES string of the molecule is N[C@@H](CC(C#P=O)NNCc1ccccc1)C(=O)O. The second-order valence-corrected chi connectivity index (χ2v) is 4.38. The number of rotatable bonds is 7. The molecule has 1 unspecified atom stereocenters. The summed E-state index contributed by atoms with van der Waals surface area (Å²) in [6.45, 7) is 0.553. The second kappa shape index (κ2) is 8.64. The summed E-state index contributed by atoms with van der Waals surface area (Å²) in [6.07, 6.45) is 0.104. The molecule has 0 spiro atoms. The topological polar surface area (TPSA) is 104 Å². The average molecular weight is 281 g/mol. The van der Waals surface area contributed by atoms with Crippen LogP contribution in [0, 0.1) is 5.63 Å². The van der Waals surface area contributed by atoms with Gasteiger partial charge < -0.3 is 0 Å². The van der Waals surface area contributed by atoms with E-state index < -0.39 is 18.1 Å². The van der Waals surface area contributed by atoms with Gasteiger partial charge in [0, 0.05) is 0 Å². The molecule has 0 aliphatic rings. The Bertz CT molecular complexity index is 503. The standard InChI is InChI=1S/C12H16N3O3P/c13-11(12(16)17)6-10(8-19-18)15-14-7-9-4-2-1-3-5-9/h1-5,10-11,14-15H,6-7,13H2,(H,16,17)/t10?,11-/m0/s1. The fourth-order valence-electron chi connectivity index (χ4n) is 1.43. The molecule has 5 N–H and O–H groups in total. The first kappa shape index (κ1) is 15.6. The molecule has 0 saturated carbocycles. The van der Waals surface area contributed by atoms with Crippen molar-refractivity contribution in [1.82, 2.24) is 10.9 Å². The molecule has 1 aromatic rings. The van der Waals surface area contributed by atoms with E-state index in [-0.39, 0.29) is 14.3 Å². The Morgan fingerprint density at radius 3 is 2.68 bits per heavy atom. The number of nitrogens with one attached hydrogen (secondary N) is 2. The summed E-state index contributed by atoms with van der Waals surface area (Å²) in [6, 6.07) is 8.13. The summed E-state index contributed by atoms with van der Waals surface area (Å²) in [5, 5.41) is 8.72. The van der Waals surface area contributed by atoms with Crippen LogP contribution in [0.2, 0.25) is 0 Å². The summed E-state index contributed by atoms with van der Waals surface area (Å²) < 4.78 is 10.5. The fourth-order valence-corrected chi connectivity index (χ4v) is 1.73. The van der Waals surface area contributed by atoms with Gasteiger partial charge in [-0.3, -0.25) is 0 Å². The molecular weight excluding hydrogens is 265 g/mol. The molecule has 1 rings (SSSR count). The number of nitrogens with two attached hydrogens (primary N) is 1. The molecule has 0 aliphatic carbocycles. The molecule has 2 atom stereocenters. The van der Waals surface area contributed by atoms with Gasteiger partial charge in [-0.15, -0.1) is 0 Å². The fraction of sp³-hybridized carbons (Fsp3) is 0.333. The normalized spacial score (nSPS) is 13.3. The minimum absolute atomic E-state index is 0.104.